The highest BCUT2D eigenvalue weighted by atomic mass is 16.6. The minimum atomic E-state index is -1.34. The largest absolute Gasteiger partial charge is 0.431 e. The van der Waals surface area contributed by atoms with Crippen LogP contribution in [0.5, 0.6) is 0 Å². The molecule has 0 spiro atoms. The van der Waals surface area contributed by atoms with Crippen molar-refractivity contribution in [3.63, 3.8) is 0 Å². The summed E-state index contributed by atoms with van der Waals surface area (Å²) in [4.78, 5) is 24.0. The third kappa shape index (κ3) is 5.25. The number of rotatable bonds is 8. The lowest BCUT2D eigenvalue weighted by molar-refractivity contribution is -0.164. The van der Waals surface area contributed by atoms with E-state index in [1.54, 1.807) is 52.0 Å². The van der Waals surface area contributed by atoms with Crippen LogP contribution in [-0.4, -0.2) is 11.9 Å². The summed E-state index contributed by atoms with van der Waals surface area (Å²) < 4.78 is 11.2. The molecule has 0 bridgehead atoms. The number of esters is 2. The van der Waals surface area contributed by atoms with E-state index in [0.717, 1.165) is 0 Å². The topological polar surface area (TPSA) is 77.3 Å². The fraction of sp³-hybridized carbons (Fsp3) is 0.364. The summed E-state index contributed by atoms with van der Waals surface area (Å²) in [6.07, 6.45) is 0.414. The van der Waals surface area contributed by atoms with Crippen molar-refractivity contribution in [2.75, 3.05) is 0 Å². The molecular weight excluding hydrogens is 356 g/mol. The first-order valence-electron chi connectivity index (χ1n) is 9.31. The molecule has 0 fully saturated rings. The zero-order valence-corrected chi connectivity index (χ0v) is 16.7. The standard InChI is InChI=1S/C22H26N2O4/c1-5-19(25)27-21(3,17-13-9-7-10-14-17)23-24-22(4,28-20(26)6-2)18-15-11-8-12-16-18/h7-16H,5-6H2,1-4H3/b24-23+. The third-order valence-electron chi connectivity index (χ3n) is 4.25. The van der Waals surface area contributed by atoms with E-state index >= 15 is 0 Å². The average Bonchev–Trinajstić information content (AvgIpc) is 2.73. The molecule has 148 valence electrons. The Morgan fingerprint density at radius 2 is 1.04 bits per heavy atom. The first-order valence-corrected chi connectivity index (χ1v) is 9.31. The molecule has 2 rings (SSSR count). The number of hydrogen-bond donors (Lipinski definition) is 0. The van der Waals surface area contributed by atoms with Crippen molar-refractivity contribution in [1.29, 1.82) is 0 Å². The number of ether oxygens (including phenoxy) is 2. The van der Waals surface area contributed by atoms with E-state index < -0.39 is 23.4 Å². The molecule has 2 atom stereocenters. The third-order valence-corrected chi connectivity index (χ3v) is 4.25. The van der Waals surface area contributed by atoms with E-state index in [0.29, 0.717) is 11.1 Å². The summed E-state index contributed by atoms with van der Waals surface area (Å²) in [5.41, 5.74) is -1.36. The molecule has 0 saturated heterocycles. The van der Waals surface area contributed by atoms with E-state index in [9.17, 15) is 9.59 Å². The van der Waals surface area contributed by atoms with E-state index in [1.165, 1.54) is 0 Å². The molecule has 0 saturated carbocycles. The Morgan fingerprint density at radius 1 is 0.714 bits per heavy atom. The number of azo groups is 1. The molecule has 0 aromatic heterocycles. The molecule has 6 heteroatoms. The second kappa shape index (κ2) is 9.26. The Kier molecular flexibility index (Phi) is 7.04. The van der Waals surface area contributed by atoms with Crippen LogP contribution in [0.2, 0.25) is 0 Å². The van der Waals surface area contributed by atoms with Crippen LogP contribution < -0.4 is 0 Å². The number of hydrogen-bond acceptors (Lipinski definition) is 6. The van der Waals surface area contributed by atoms with E-state index in [-0.39, 0.29) is 12.8 Å². The van der Waals surface area contributed by atoms with Gasteiger partial charge in [-0.25, -0.2) is 0 Å². The van der Waals surface area contributed by atoms with Gasteiger partial charge in [0.25, 0.3) is 0 Å². The summed E-state index contributed by atoms with van der Waals surface area (Å²) in [6.45, 7) is 6.74. The Morgan fingerprint density at radius 3 is 1.32 bits per heavy atom. The van der Waals surface area contributed by atoms with Crippen molar-refractivity contribution in [2.24, 2.45) is 10.2 Å². The quantitative estimate of drug-likeness (QED) is 0.470. The van der Waals surface area contributed by atoms with Crippen LogP contribution in [-0.2, 0) is 30.5 Å². The van der Waals surface area contributed by atoms with Crippen LogP contribution in [0.25, 0.3) is 0 Å². The van der Waals surface area contributed by atoms with Gasteiger partial charge in [0.2, 0.25) is 11.4 Å². The Labute approximate surface area is 165 Å². The predicted octanol–water partition coefficient (Wildman–Crippen LogP) is 5.09. The van der Waals surface area contributed by atoms with Crippen LogP contribution in [0.3, 0.4) is 0 Å². The van der Waals surface area contributed by atoms with Gasteiger partial charge in [0.15, 0.2) is 0 Å². The highest BCUT2D eigenvalue weighted by Gasteiger charge is 2.35. The number of carbonyl (C=O) groups excluding carboxylic acids is 2. The van der Waals surface area contributed by atoms with Gasteiger partial charge in [0.05, 0.1) is 0 Å². The van der Waals surface area contributed by atoms with Gasteiger partial charge >= 0.3 is 11.9 Å². The lowest BCUT2D eigenvalue weighted by Crippen LogP contribution is -2.30. The fourth-order valence-corrected chi connectivity index (χ4v) is 2.55. The minimum absolute atomic E-state index is 0.207. The zero-order valence-electron chi connectivity index (χ0n) is 16.7. The molecule has 2 unspecified atom stereocenters. The van der Waals surface area contributed by atoms with Crippen LogP contribution >= 0.6 is 0 Å². The SMILES string of the molecule is CCC(=O)OC(C)(/N=N/C(C)(OC(=O)CC)c1ccccc1)c1ccccc1. The van der Waals surface area contributed by atoms with E-state index in [4.69, 9.17) is 9.47 Å². The molecule has 0 aliphatic heterocycles. The monoisotopic (exact) mass is 382 g/mol. The highest BCUT2D eigenvalue weighted by molar-refractivity contribution is 5.70. The van der Waals surface area contributed by atoms with Crippen molar-refractivity contribution < 1.29 is 19.1 Å². The second-order valence-corrected chi connectivity index (χ2v) is 6.55. The summed E-state index contributed by atoms with van der Waals surface area (Å²) in [5, 5.41) is 8.71. The van der Waals surface area contributed by atoms with Gasteiger partial charge in [-0.1, -0.05) is 74.5 Å². The average molecular weight is 382 g/mol. The Balaban J connectivity index is 2.48. The number of nitrogens with zero attached hydrogens (tertiary/aromatic N) is 2. The maximum atomic E-state index is 12.0. The Bertz CT molecular complexity index is 753. The van der Waals surface area contributed by atoms with Crippen molar-refractivity contribution in [1.82, 2.24) is 0 Å². The van der Waals surface area contributed by atoms with Gasteiger partial charge in [-0.3, -0.25) is 9.59 Å². The first kappa shape index (κ1) is 21.3. The molecule has 0 aliphatic carbocycles. The van der Waals surface area contributed by atoms with Crippen molar-refractivity contribution >= 4 is 11.9 Å². The lowest BCUT2D eigenvalue weighted by Gasteiger charge is -2.29. The fourth-order valence-electron chi connectivity index (χ4n) is 2.55. The summed E-state index contributed by atoms with van der Waals surface area (Å²) >= 11 is 0. The Hall–Kier alpha value is -3.02. The van der Waals surface area contributed by atoms with Crippen molar-refractivity contribution in [3.8, 4) is 0 Å². The van der Waals surface area contributed by atoms with Gasteiger partial charge < -0.3 is 9.47 Å². The van der Waals surface area contributed by atoms with Crippen LogP contribution in [0.4, 0.5) is 0 Å². The van der Waals surface area contributed by atoms with Crippen LogP contribution in [0.1, 0.15) is 51.7 Å². The van der Waals surface area contributed by atoms with Gasteiger partial charge in [-0.15, -0.1) is 10.2 Å². The molecule has 0 radical (unpaired) electrons. The molecule has 0 aliphatic rings. The maximum absolute atomic E-state index is 12.0. The number of carbonyl (C=O) groups is 2. The molecule has 0 N–H and O–H groups in total. The van der Waals surface area contributed by atoms with E-state index in [2.05, 4.69) is 10.2 Å². The normalized spacial score (nSPS) is 15.4. The highest BCUT2D eigenvalue weighted by Crippen LogP contribution is 2.33. The molecule has 2 aromatic rings. The first-order chi connectivity index (χ1) is 13.3. The number of benzene rings is 2. The second-order valence-electron chi connectivity index (χ2n) is 6.55. The van der Waals surface area contributed by atoms with Gasteiger partial charge in [0, 0.05) is 37.8 Å². The van der Waals surface area contributed by atoms with Gasteiger partial charge in [-0.2, -0.15) is 0 Å². The molecule has 6 nitrogen and oxygen atoms in total. The lowest BCUT2D eigenvalue weighted by atomic mass is 10.0. The van der Waals surface area contributed by atoms with Crippen LogP contribution in [0, 0.1) is 0 Å². The molecule has 28 heavy (non-hydrogen) atoms. The summed E-state index contributed by atoms with van der Waals surface area (Å²) in [5.74, 6) is -0.811. The zero-order chi connectivity index (χ0) is 20.6. The van der Waals surface area contributed by atoms with E-state index in [1.807, 2.05) is 36.4 Å². The minimum Gasteiger partial charge on any atom is -0.431 e. The van der Waals surface area contributed by atoms with Crippen molar-refractivity contribution in [2.45, 2.75) is 52.0 Å². The van der Waals surface area contributed by atoms with Crippen LogP contribution in [0.15, 0.2) is 70.9 Å². The van der Waals surface area contributed by atoms with Gasteiger partial charge in [-0.05, 0) is 0 Å². The van der Waals surface area contributed by atoms with Crippen molar-refractivity contribution in [3.05, 3.63) is 71.8 Å². The predicted molar refractivity (Wildman–Crippen MR) is 105 cm³/mol. The maximum Gasteiger partial charge on any atom is 0.307 e. The summed E-state index contributed by atoms with van der Waals surface area (Å²) in [7, 11) is 0. The molecular formula is C22H26N2O4. The molecule has 0 amide bonds. The molecule has 2 aromatic carbocycles. The summed E-state index contributed by atoms with van der Waals surface area (Å²) in [6, 6.07) is 18.3. The molecule has 0 heterocycles. The smallest absolute Gasteiger partial charge is 0.307 e. The van der Waals surface area contributed by atoms with Gasteiger partial charge in [0.1, 0.15) is 0 Å².